The minimum atomic E-state index is -3.60. The summed E-state index contributed by atoms with van der Waals surface area (Å²) < 4.78 is 33.3. The van der Waals surface area contributed by atoms with E-state index in [0.717, 1.165) is 5.75 Å². The highest BCUT2D eigenvalue weighted by atomic mass is 79.9. The molecule has 0 unspecified atom stereocenters. The van der Waals surface area contributed by atoms with Crippen LogP contribution >= 0.6 is 27.7 Å². The number of hydrogen-bond acceptors (Lipinski definition) is 4. The van der Waals surface area contributed by atoms with Gasteiger partial charge in [-0.15, -0.1) is 0 Å². The average Bonchev–Trinajstić information content (AvgIpc) is 2.54. The maximum absolute atomic E-state index is 12.4. The van der Waals surface area contributed by atoms with E-state index >= 15 is 0 Å². The van der Waals surface area contributed by atoms with E-state index in [1.165, 1.54) is 18.2 Å². The summed E-state index contributed by atoms with van der Waals surface area (Å²) in [6.07, 6.45) is 0. The van der Waals surface area contributed by atoms with E-state index in [2.05, 4.69) is 45.8 Å². The van der Waals surface area contributed by atoms with Crippen molar-refractivity contribution < 1.29 is 13.2 Å². The van der Waals surface area contributed by atoms with Crippen LogP contribution in [0.1, 0.15) is 11.1 Å². The van der Waals surface area contributed by atoms with Crippen molar-refractivity contribution in [1.29, 1.82) is 0 Å². The molecule has 2 rings (SSSR count). The van der Waals surface area contributed by atoms with E-state index in [9.17, 15) is 8.42 Å². The van der Waals surface area contributed by atoms with Gasteiger partial charge in [0.1, 0.15) is 10.6 Å². The number of halogens is 1. The van der Waals surface area contributed by atoms with Gasteiger partial charge >= 0.3 is 0 Å². The Morgan fingerprint density at radius 2 is 2.00 bits per heavy atom. The van der Waals surface area contributed by atoms with Crippen molar-refractivity contribution in [3.8, 4) is 5.75 Å². The van der Waals surface area contributed by atoms with Gasteiger partial charge in [-0.1, -0.05) is 45.8 Å². The SMILES string of the molecule is COc1ccc(Br)cc1S(=O)(=O)NCCSCc1cccc(C)c1. The third-order valence-corrected chi connectivity index (χ3v) is 6.31. The number of thioether (sulfide) groups is 1. The van der Waals surface area contributed by atoms with Crippen LogP contribution in [0.2, 0.25) is 0 Å². The van der Waals surface area contributed by atoms with Crippen LogP contribution in [0.3, 0.4) is 0 Å². The van der Waals surface area contributed by atoms with Crippen molar-refractivity contribution in [3.63, 3.8) is 0 Å². The first-order valence-electron chi connectivity index (χ1n) is 7.39. The molecule has 0 heterocycles. The number of rotatable bonds is 8. The monoisotopic (exact) mass is 429 g/mol. The molecule has 0 radical (unpaired) electrons. The maximum Gasteiger partial charge on any atom is 0.244 e. The molecule has 24 heavy (non-hydrogen) atoms. The van der Waals surface area contributed by atoms with Gasteiger partial charge in [0.25, 0.3) is 0 Å². The highest BCUT2D eigenvalue weighted by Gasteiger charge is 2.19. The summed E-state index contributed by atoms with van der Waals surface area (Å²) in [6.45, 7) is 2.43. The van der Waals surface area contributed by atoms with Crippen molar-refractivity contribution in [1.82, 2.24) is 4.72 Å². The molecule has 0 saturated carbocycles. The minimum Gasteiger partial charge on any atom is -0.495 e. The highest BCUT2D eigenvalue weighted by Crippen LogP contribution is 2.27. The number of hydrogen-bond donors (Lipinski definition) is 1. The molecule has 0 amide bonds. The van der Waals surface area contributed by atoms with Crippen LogP contribution in [0.15, 0.2) is 51.8 Å². The first kappa shape index (κ1) is 19.3. The summed E-state index contributed by atoms with van der Waals surface area (Å²) in [6, 6.07) is 13.2. The Labute approximate surface area is 156 Å². The molecule has 0 aliphatic heterocycles. The zero-order chi connectivity index (χ0) is 17.6. The predicted octanol–water partition coefficient (Wildman–Crippen LogP) is 3.98. The molecule has 0 fully saturated rings. The zero-order valence-corrected chi connectivity index (χ0v) is 16.8. The van der Waals surface area contributed by atoms with Crippen LogP contribution in [0.4, 0.5) is 0 Å². The summed E-state index contributed by atoms with van der Waals surface area (Å²) in [7, 11) is -2.14. The van der Waals surface area contributed by atoms with Gasteiger partial charge in [-0.25, -0.2) is 13.1 Å². The number of methoxy groups -OCH3 is 1. The first-order chi connectivity index (χ1) is 11.4. The summed E-state index contributed by atoms with van der Waals surface area (Å²) >= 11 is 4.99. The van der Waals surface area contributed by atoms with E-state index in [1.807, 2.05) is 6.07 Å². The third-order valence-electron chi connectivity index (χ3n) is 3.30. The Balaban J connectivity index is 1.88. The zero-order valence-electron chi connectivity index (χ0n) is 13.6. The molecule has 0 saturated heterocycles. The number of nitrogens with one attached hydrogen (secondary N) is 1. The molecule has 0 bridgehead atoms. The van der Waals surface area contributed by atoms with Gasteiger partial charge in [0.05, 0.1) is 7.11 Å². The second-order valence-corrected chi connectivity index (χ2v) is 8.99. The molecule has 1 N–H and O–H groups in total. The summed E-state index contributed by atoms with van der Waals surface area (Å²) in [5.74, 6) is 1.89. The summed E-state index contributed by atoms with van der Waals surface area (Å²) in [5.41, 5.74) is 2.48. The Hall–Kier alpha value is -1.02. The van der Waals surface area contributed by atoms with Gasteiger partial charge in [-0.3, -0.25) is 0 Å². The largest absolute Gasteiger partial charge is 0.495 e. The van der Waals surface area contributed by atoms with Gasteiger partial charge in [-0.2, -0.15) is 11.8 Å². The lowest BCUT2D eigenvalue weighted by Crippen LogP contribution is -2.26. The molecule has 4 nitrogen and oxygen atoms in total. The molecular weight excluding hydrogens is 410 g/mol. The first-order valence-corrected chi connectivity index (χ1v) is 10.8. The molecule has 0 aliphatic rings. The van der Waals surface area contributed by atoms with Crippen molar-refractivity contribution in [2.24, 2.45) is 0 Å². The fourth-order valence-electron chi connectivity index (χ4n) is 2.18. The van der Waals surface area contributed by atoms with Crippen LogP contribution in [0, 0.1) is 6.92 Å². The van der Waals surface area contributed by atoms with Crippen molar-refractivity contribution in [3.05, 3.63) is 58.1 Å². The molecule has 2 aromatic carbocycles. The lowest BCUT2D eigenvalue weighted by atomic mass is 10.2. The smallest absolute Gasteiger partial charge is 0.244 e. The Kier molecular flexibility index (Phi) is 7.16. The molecule has 0 aliphatic carbocycles. The second-order valence-electron chi connectivity index (χ2n) is 5.23. The van der Waals surface area contributed by atoms with Crippen molar-refractivity contribution in [2.75, 3.05) is 19.4 Å². The van der Waals surface area contributed by atoms with Crippen molar-refractivity contribution >= 4 is 37.7 Å². The fraction of sp³-hybridized carbons (Fsp3) is 0.294. The number of aryl methyl sites for hydroxylation is 1. The van der Waals surface area contributed by atoms with E-state index < -0.39 is 10.0 Å². The quantitative estimate of drug-likeness (QED) is 0.644. The van der Waals surface area contributed by atoms with Crippen LogP contribution in [-0.4, -0.2) is 27.8 Å². The van der Waals surface area contributed by atoms with Gasteiger partial charge in [0, 0.05) is 22.5 Å². The lowest BCUT2D eigenvalue weighted by Gasteiger charge is -2.11. The fourth-order valence-corrected chi connectivity index (χ4v) is 4.85. The molecule has 0 spiro atoms. The lowest BCUT2D eigenvalue weighted by molar-refractivity contribution is 0.402. The Morgan fingerprint density at radius 3 is 2.71 bits per heavy atom. The van der Waals surface area contributed by atoms with Crippen molar-refractivity contribution in [2.45, 2.75) is 17.6 Å². The second kappa shape index (κ2) is 8.89. The van der Waals surface area contributed by atoms with Gasteiger partial charge in [-0.05, 0) is 30.7 Å². The third kappa shape index (κ3) is 5.51. The molecule has 130 valence electrons. The van der Waals surface area contributed by atoms with Gasteiger partial charge in [0.15, 0.2) is 0 Å². The number of benzene rings is 2. The summed E-state index contributed by atoms with van der Waals surface area (Å²) in [5, 5.41) is 0. The highest BCUT2D eigenvalue weighted by molar-refractivity contribution is 9.10. The molecule has 0 atom stereocenters. The van der Waals surface area contributed by atoms with Gasteiger partial charge < -0.3 is 4.74 Å². The molecular formula is C17H20BrNO3S2. The van der Waals surface area contributed by atoms with E-state index in [4.69, 9.17) is 4.74 Å². The van der Waals surface area contributed by atoms with Crippen LogP contribution in [0.5, 0.6) is 5.75 Å². The standard InChI is InChI=1S/C17H20BrNO3S2/c1-13-4-3-5-14(10-13)12-23-9-8-19-24(20,21)17-11-15(18)6-7-16(17)22-2/h3-7,10-11,19H,8-9,12H2,1-2H3. The number of ether oxygens (including phenoxy) is 1. The van der Waals surface area contributed by atoms with E-state index in [-0.39, 0.29) is 4.90 Å². The Morgan fingerprint density at radius 1 is 1.21 bits per heavy atom. The Bertz CT molecular complexity index is 794. The topological polar surface area (TPSA) is 55.4 Å². The predicted molar refractivity (Wildman–Crippen MR) is 103 cm³/mol. The van der Waals surface area contributed by atoms with E-state index in [1.54, 1.807) is 30.0 Å². The van der Waals surface area contributed by atoms with Gasteiger partial charge in [0.2, 0.25) is 10.0 Å². The van der Waals surface area contributed by atoms with Crippen LogP contribution < -0.4 is 9.46 Å². The number of sulfonamides is 1. The molecule has 2 aromatic rings. The average molecular weight is 430 g/mol. The van der Waals surface area contributed by atoms with E-state index in [0.29, 0.717) is 22.5 Å². The normalized spacial score (nSPS) is 11.5. The molecule has 7 heteroatoms. The van der Waals surface area contributed by atoms with Crippen LogP contribution in [0.25, 0.3) is 0 Å². The molecule has 0 aromatic heterocycles. The summed E-state index contributed by atoms with van der Waals surface area (Å²) in [4.78, 5) is 0.142. The minimum absolute atomic E-state index is 0.142. The maximum atomic E-state index is 12.4. The van der Waals surface area contributed by atoms with Crippen LogP contribution in [-0.2, 0) is 15.8 Å².